The van der Waals surface area contributed by atoms with E-state index in [4.69, 9.17) is 9.73 Å². The van der Waals surface area contributed by atoms with E-state index in [1.54, 1.807) is 0 Å². The van der Waals surface area contributed by atoms with Gasteiger partial charge < -0.3 is 19.5 Å². The number of hydrogen-bond donors (Lipinski definition) is 1. The van der Waals surface area contributed by atoms with E-state index in [-0.39, 0.29) is 0 Å². The number of guanidine groups is 1. The third kappa shape index (κ3) is 5.28. The summed E-state index contributed by atoms with van der Waals surface area (Å²) < 4.78 is 7.82. The van der Waals surface area contributed by atoms with Gasteiger partial charge in [-0.15, -0.1) is 10.2 Å². The Balaban J connectivity index is 1.50. The van der Waals surface area contributed by atoms with E-state index in [2.05, 4.69) is 69.8 Å². The van der Waals surface area contributed by atoms with Crippen LogP contribution in [0.4, 0.5) is 0 Å². The highest BCUT2D eigenvalue weighted by Gasteiger charge is 2.20. The number of nitrogens with one attached hydrogen (secondary N) is 1. The van der Waals surface area contributed by atoms with Crippen LogP contribution in [-0.2, 0) is 33.1 Å². The van der Waals surface area contributed by atoms with Crippen molar-refractivity contribution in [1.82, 2.24) is 25.0 Å². The summed E-state index contributed by atoms with van der Waals surface area (Å²) in [5, 5.41) is 12.0. The summed E-state index contributed by atoms with van der Waals surface area (Å²) in [7, 11) is 1.99. The fraction of sp³-hybridized carbons (Fsp3) is 0.400. The smallest absolute Gasteiger partial charge is 0.194 e. The van der Waals surface area contributed by atoms with E-state index in [9.17, 15) is 0 Å². The molecular weight excluding hydrogens is 400 g/mol. The van der Waals surface area contributed by atoms with E-state index >= 15 is 0 Å². The minimum absolute atomic E-state index is 0.581. The molecule has 0 saturated carbocycles. The Morgan fingerprint density at radius 1 is 1.12 bits per heavy atom. The molecule has 0 aliphatic carbocycles. The zero-order chi connectivity index (χ0) is 22.3. The number of ether oxygens (including phenoxy) is 1. The van der Waals surface area contributed by atoms with Crippen LogP contribution in [0.1, 0.15) is 41.7 Å². The standard InChI is InChI=1S/C25H32N6O/c1-4-14-32-23-11-10-22-18-31(13-12-21(22)15-23)25(26-16-20-8-6-5-7-9-20)27-17-24-29-28-19(2)30(24)3/h5-11,15H,4,12-14,16-18H2,1-3H3,(H,26,27). The third-order valence-corrected chi connectivity index (χ3v) is 5.80. The van der Waals surface area contributed by atoms with Crippen LogP contribution in [0.3, 0.4) is 0 Å². The highest BCUT2D eigenvalue weighted by atomic mass is 16.5. The molecule has 2 aromatic carbocycles. The van der Waals surface area contributed by atoms with Gasteiger partial charge in [0, 0.05) is 20.1 Å². The number of aliphatic imine (C=N–C) groups is 1. The number of fused-ring (bicyclic) bond motifs is 1. The van der Waals surface area contributed by atoms with Crippen LogP contribution in [0.25, 0.3) is 0 Å². The van der Waals surface area contributed by atoms with Crippen LogP contribution < -0.4 is 10.1 Å². The molecule has 0 atom stereocenters. The number of aromatic nitrogens is 3. The minimum Gasteiger partial charge on any atom is -0.494 e. The van der Waals surface area contributed by atoms with Gasteiger partial charge in [0.25, 0.3) is 0 Å². The van der Waals surface area contributed by atoms with E-state index in [0.717, 1.165) is 55.9 Å². The fourth-order valence-electron chi connectivity index (χ4n) is 3.80. The first-order valence-corrected chi connectivity index (χ1v) is 11.3. The van der Waals surface area contributed by atoms with Crippen molar-refractivity contribution >= 4 is 5.96 Å². The Morgan fingerprint density at radius 3 is 2.72 bits per heavy atom. The van der Waals surface area contributed by atoms with E-state index in [0.29, 0.717) is 13.1 Å². The first-order valence-electron chi connectivity index (χ1n) is 11.3. The van der Waals surface area contributed by atoms with Gasteiger partial charge in [-0.2, -0.15) is 0 Å². The summed E-state index contributed by atoms with van der Waals surface area (Å²) in [6.45, 7) is 7.78. The molecular formula is C25H32N6O. The third-order valence-electron chi connectivity index (χ3n) is 5.80. The van der Waals surface area contributed by atoms with Gasteiger partial charge in [0.2, 0.25) is 0 Å². The fourth-order valence-corrected chi connectivity index (χ4v) is 3.80. The summed E-state index contributed by atoms with van der Waals surface area (Å²) in [6.07, 6.45) is 1.98. The van der Waals surface area contributed by atoms with Crippen LogP contribution in [0.5, 0.6) is 5.75 Å². The van der Waals surface area contributed by atoms with Crippen molar-refractivity contribution in [3.63, 3.8) is 0 Å². The number of aryl methyl sites for hydroxylation is 1. The van der Waals surface area contributed by atoms with Crippen molar-refractivity contribution in [3.8, 4) is 5.75 Å². The van der Waals surface area contributed by atoms with Gasteiger partial charge in [-0.25, -0.2) is 4.99 Å². The van der Waals surface area contributed by atoms with Crippen molar-refractivity contribution in [2.45, 2.75) is 46.3 Å². The maximum Gasteiger partial charge on any atom is 0.194 e. The lowest BCUT2D eigenvalue weighted by Gasteiger charge is -2.32. The van der Waals surface area contributed by atoms with Gasteiger partial charge in [0.1, 0.15) is 11.6 Å². The predicted molar refractivity (Wildman–Crippen MR) is 127 cm³/mol. The predicted octanol–water partition coefficient (Wildman–Crippen LogP) is 3.62. The lowest BCUT2D eigenvalue weighted by molar-refractivity contribution is 0.315. The van der Waals surface area contributed by atoms with Crippen LogP contribution >= 0.6 is 0 Å². The largest absolute Gasteiger partial charge is 0.494 e. The molecule has 7 heteroatoms. The van der Waals surface area contributed by atoms with Crippen molar-refractivity contribution in [2.24, 2.45) is 12.0 Å². The van der Waals surface area contributed by atoms with Gasteiger partial charge in [-0.05, 0) is 48.6 Å². The minimum atomic E-state index is 0.581. The van der Waals surface area contributed by atoms with Crippen LogP contribution in [0.15, 0.2) is 53.5 Å². The van der Waals surface area contributed by atoms with E-state index in [1.165, 1.54) is 16.7 Å². The molecule has 1 N–H and O–H groups in total. The lowest BCUT2D eigenvalue weighted by atomic mass is 9.99. The molecule has 0 unspecified atom stereocenters. The molecule has 3 aromatic rings. The summed E-state index contributed by atoms with van der Waals surface area (Å²) in [4.78, 5) is 7.27. The lowest BCUT2D eigenvalue weighted by Crippen LogP contribution is -2.44. The summed E-state index contributed by atoms with van der Waals surface area (Å²) in [6, 6.07) is 16.8. The Morgan fingerprint density at radius 2 is 1.97 bits per heavy atom. The Hall–Kier alpha value is -3.35. The molecule has 0 amide bonds. The summed E-state index contributed by atoms with van der Waals surface area (Å²) in [5.74, 6) is 3.65. The summed E-state index contributed by atoms with van der Waals surface area (Å²) in [5.41, 5.74) is 3.88. The number of rotatable bonds is 7. The van der Waals surface area contributed by atoms with Gasteiger partial charge >= 0.3 is 0 Å². The van der Waals surface area contributed by atoms with Crippen molar-refractivity contribution in [1.29, 1.82) is 0 Å². The molecule has 1 aliphatic rings. The Bertz CT molecular complexity index is 1060. The van der Waals surface area contributed by atoms with Crippen LogP contribution in [-0.4, -0.2) is 38.8 Å². The van der Waals surface area contributed by atoms with Crippen molar-refractivity contribution in [2.75, 3.05) is 13.2 Å². The molecule has 2 heterocycles. The zero-order valence-corrected chi connectivity index (χ0v) is 19.2. The zero-order valence-electron chi connectivity index (χ0n) is 19.2. The molecule has 1 aromatic heterocycles. The highest BCUT2D eigenvalue weighted by Crippen LogP contribution is 2.24. The van der Waals surface area contributed by atoms with Gasteiger partial charge in [-0.1, -0.05) is 43.3 Å². The molecule has 7 nitrogen and oxygen atoms in total. The Kier molecular flexibility index (Phi) is 7.04. The second-order valence-corrected chi connectivity index (χ2v) is 8.15. The van der Waals surface area contributed by atoms with Gasteiger partial charge in [-0.3, -0.25) is 0 Å². The molecule has 0 bridgehead atoms. The molecule has 4 rings (SSSR count). The monoisotopic (exact) mass is 432 g/mol. The molecule has 1 aliphatic heterocycles. The van der Waals surface area contributed by atoms with Crippen molar-refractivity contribution in [3.05, 3.63) is 76.9 Å². The maximum atomic E-state index is 5.82. The van der Waals surface area contributed by atoms with Gasteiger partial charge in [0.15, 0.2) is 11.8 Å². The Labute approximate surface area is 190 Å². The quantitative estimate of drug-likeness (QED) is 0.456. The molecule has 168 valence electrons. The molecule has 0 spiro atoms. The van der Waals surface area contributed by atoms with E-state index in [1.807, 2.05) is 24.6 Å². The first-order chi connectivity index (χ1) is 15.6. The summed E-state index contributed by atoms with van der Waals surface area (Å²) >= 11 is 0. The molecule has 0 fully saturated rings. The molecule has 0 radical (unpaired) electrons. The second-order valence-electron chi connectivity index (χ2n) is 8.15. The average molecular weight is 433 g/mol. The van der Waals surface area contributed by atoms with Crippen LogP contribution in [0, 0.1) is 6.92 Å². The van der Waals surface area contributed by atoms with E-state index < -0.39 is 0 Å². The SMILES string of the molecule is CCCOc1ccc2c(c1)CCN(C(=NCc1ccccc1)NCc1nnc(C)n1C)C2. The van der Waals surface area contributed by atoms with Crippen molar-refractivity contribution < 1.29 is 4.74 Å². The second kappa shape index (κ2) is 10.3. The molecule has 0 saturated heterocycles. The first kappa shape index (κ1) is 21.9. The average Bonchev–Trinajstić information content (AvgIpc) is 3.15. The number of nitrogens with zero attached hydrogens (tertiary/aromatic N) is 5. The topological polar surface area (TPSA) is 67.6 Å². The highest BCUT2D eigenvalue weighted by molar-refractivity contribution is 5.80. The number of benzene rings is 2. The maximum absolute atomic E-state index is 5.82. The number of hydrogen-bond acceptors (Lipinski definition) is 4. The molecule has 32 heavy (non-hydrogen) atoms. The van der Waals surface area contributed by atoms with Crippen LogP contribution in [0.2, 0.25) is 0 Å². The van der Waals surface area contributed by atoms with Gasteiger partial charge in [0.05, 0.1) is 19.7 Å². The normalized spacial score (nSPS) is 13.7.